The molecule has 0 fully saturated rings. The largest absolute Gasteiger partial charge is 0.311 e. The molecule has 0 spiro atoms. The van der Waals surface area contributed by atoms with Crippen molar-refractivity contribution < 1.29 is 0 Å². The van der Waals surface area contributed by atoms with Crippen molar-refractivity contribution in [2.24, 2.45) is 0 Å². The molecule has 3 heterocycles. The molecule has 7 aromatic rings. The van der Waals surface area contributed by atoms with Crippen molar-refractivity contribution in [2.45, 2.75) is 150 Å². The van der Waals surface area contributed by atoms with E-state index in [1.54, 1.807) is 0 Å². The van der Waals surface area contributed by atoms with E-state index >= 15 is 0 Å². The zero-order valence-electron chi connectivity index (χ0n) is 40.4. The number of para-hydroxylation sites is 1. The molecular formula is C59H65BN2S. The van der Waals surface area contributed by atoms with Gasteiger partial charge in [-0.25, -0.2) is 0 Å². The van der Waals surface area contributed by atoms with E-state index in [4.69, 9.17) is 0 Å². The van der Waals surface area contributed by atoms with Crippen LogP contribution in [0.1, 0.15) is 146 Å². The van der Waals surface area contributed by atoms with Gasteiger partial charge in [-0.05, 0) is 177 Å². The van der Waals surface area contributed by atoms with Gasteiger partial charge in [-0.2, -0.15) is 0 Å². The minimum atomic E-state index is -0.00559. The molecule has 0 saturated heterocycles. The molecule has 63 heavy (non-hydrogen) atoms. The van der Waals surface area contributed by atoms with Crippen LogP contribution in [0.5, 0.6) is 0 Å². The second-order valence-corrected chi connectivity index (χ2v) is 24.8. The van der Waals surface area contributed by atoms with Crippen LogP contribution >= 0.6 is 11.3 Å². The molecule has 2 nitrogen and oxygen atoms in total. The minimum absolute atomic E-state index is 0.00559. The second-order valence-electron chi connectivity index (χ2n) is 23.7. The third-order valence-electron chi connectivity index (χ3n) is 16.4. The third-order valence-corrected chi connectivity index (χ3v) is 17.6. The van der Waals surface area contributed by atoms with Crippen LogP contribution in [0.2, 0.25) is 0 Å². The van der Waals surface area contributed by atoms with E-state index in [2.05, 4.69) is 198 Å². The molecule has 4 heteroatoms. The molecule has 0 unspecified atom stereocenters. The van der Waals surface area contributed by atoms with E-state index < -0.39 is 0 Å². The predicted octanol–water partition coefficient (Wildman–Crippen LogP) is 15.1. The van der Waals surface area contributed by atoms with E-state index in [1.165, 1.54) is 141 Å². The molecule has 320 valence electrons. The number of fused-ring (bicyclic) bond motifs is 10. The standard InChI is InChI=1S/C59H65BN2S/c1-34-27-49-52-50(28-34)62(46-18-16-15-17-35(46)2)53-44(21-20-38-39-31-41-43(33-51(39)63-54(38)53)59(13,14)26-24-57(41,9)10)60(52)45-30-37(55(4,5)6)19-22-47(45)61(49)48-32-42-40(29-36(48)3)56(7,8)23-25-58(42,11)12/h15-22,27-33H,23-26H2,1-14H3. The van der Waals surface area contributed by atoms with Gasteiger partial charge in [0.25, 0.3) is 6.71 Å². The fraction of sp³-hybridized carbons (Fsp3) is 0.390. The van der Waals surface area contributed by atoms with Gasteiger partial charge >= 0.3 is 0 Å². The number of hydrogen-bond acceptors (Lipinski definition) is 3. The van der Waals surface area contributed by atoms with Crippen LogP contribution in [0, 0.1) is 20.8 Å². The number of anilines is 6. The van der Waals surface area contributed by atoms with Gasteiger partial charge in [-0.3, -0.25) is 0 Å². The molecule has 0 N–H and O–H groups in total. The van der Waals surface area contributed by atoms with Crippen molar-refractivity contribution in [3.05, 3.63) is 136 Å². The average Bonchev–Trinajstić information content (AvgIpc) is 3.59. The first-order valence-corrected chi connectivity index (χ1v) is 24.5. The summed E-state index contributed by atoms with van der Waals surface area (Å²) >= 11 is 2.02. The lowest BCUT2D eigenvalue weighted by atomic mass is 9.33. The maximum absolute atomic E-state index is 2.68. The molecule has 11 rings (SSSR count). The van der Waals surface area contributed by atoms with Crippen LogP contribution in [-0.2, 0) is 27.1 Å². The summed E-state index contributed by atoms with van der Waals surface area (Å²) in [7, 11) is 0. The van der Waals surface area contributed by atoms with E-state index in [0.29, 0.717) is 0 Å². The molecule has 2 aliphatic heterocycles. The Morgan fingerprint density at radius 2 is 1.10 bits per heavy atom. The van der Waals surface area contributed by atoms with Gasteiger partial charge < -0.3 is 9.80 Å². The van der Waals surface area contributed by atoms with Gasteiger partial charge in [0, 0.05) is 43.9 Å². The van der Waals surface area contributed by atoms with Crippen molar-refractivity contribution >= 4 is 88.7 Å². The Balaban J connectivity index is 1.25. The fourth-order valence-electron chi connectivity index (χ4n) is 12.3. The summed E-state index contributed by atoms with van der Waals surface area (Å²) in [4.78, 5) is 5.35. The predicted molar refractivity (Wildman–Crippen MR) is 277 cm³/mol. The Morgan fingerprint density at radius 3 is 1.73 bits per heavy atom. The summed E-state index contributed by atoms with van der Waals surface area (Å²) in [6.07, 6.45) is 4.83. The van der Waals surface area contributed by atoms with Crippen molar-refractivity contribution in [1.29, 1.82) is 0 Å². The van der Waals surface area contributed by atoms with Crippen molar-refractivity contribution in [1.82, 2.24) is 0 Å². The number of benzene rings is 6. The monoisotopic (exact) mass is 844 g/mol. The molecular weight excluding hydrogens is 780 g/mol. The molecule has 2 aliphatic carbocycles. The lowest BCUT2D eigenvalue weighted by molar-refractivity contribution is 0.332. The van der Waals surface area contributed by atoms with Crippen molar-refractivity contribution in [2.75, 3.05) is 9.80 Å². The molecule has 6 aromatic carbocycles. The smallest absolute Gasteiger partial charge is 0.252 e. The first-order valence-electron chi connectivity index (χ1n) is 23.7. The third kappa shape index (κ3) is 5.88. The van der Waals surface area contributed by atoms with Crippen LogP contribution in [-0.4, -0.2) is 6.71 Å². The topological polar surface area (TPSA) is 6.48 Å². The van der Waals surface area contributed by atoms with Gasteiger partial charge in [0.2, 0.25) is 0 Å². The van der Waals surface area contributed by atoms with Crippen LogP contribution in [0.15, 0.2) is 91.0 Å². The summed E-state index contributed by atoms with van der Waals surface area (Å²) < 4.78 is 2.80. The number of thiophene rings is 1. The fourth-order valence-corrected chi connectivity index (χ4v) is 13.5. The Hall–Kier alpha value is -4.80. The van der Waals surface area contributed by atoms with E-state index in [0.717, 1.165) is 0 Å². The van der Waals surface area contributed by atoms with Gasteiger partial charge in [0.05, 0.1) is 10.4 Å². The number of nitrogens with zero attached hydrogens (tertiary/aromatic N) is 2. The SMILES string of the molecule is Cc1cc2c3c(c1)N(c1ccccc1C)c1c(ccc4c1sc1cc5c(cc14)C(C)(C)CCC5(C)C)B3c1cc(C(C)(C)C)ccc1N2c1cc2c(cc1C)C(C)(C)CCC2(C)C. The highest BCUT2D eigenvalue weighted by molar-refractivity contribution is 7.26. The van der Waals surface area contributed by atoms with E-state index in [9.17, 15) is 0 Å². The number of hydrogen-bond donors (Lipinski definition) is 0. The molecule has 0 radical (unpaired) electrons. The van der Waals surface area contributed by atoms with Crippen LogP contribution in [0.3, 0.4) is 0 Å². The zero-order chi connectivity index (χ0) is 44.5. The quantitative estimate of drug-likeness (QED) is 0.160. The van der Waals surface area contributed by atoms with Crippen molar-refractivity contribution in [3.8, 4) is 0 Å². The maximum Gasteiger partial charge on any atom is 0.252 e. The zero-order valence-corrected chi connectivity index (χ0v) is 41.2. The Bertz CT molecular complexity index is 3110. The Labute approximate surface area is 381 Å². The maximum atomic E-state index is 2.68. The van der Waals surface area contributed by atoms with Crippen LogP contribution < -0.4 is 26.2 Å². The Morgan fingerprint density at radius 1 is 0.508 bits per heavy atom. The molecule has 0 amide bonds. The molecule has 4 aliphatic rings. The number of rotatable bonds is 2. The van der Waals surface area contributed by atoms with Gasteiger partial charge in [0.15, 0.2) is 0 Å². The summed E-state index contributed by atoms with van der Waals surface area (Å²) in [6.45, 7) is 33.8. The van der Waals surface area contributed by atoms with Crippen molar-refractivity contribution in [3.63, 3.8) is 0 Å². The highest BCUT2D eigenvalue weighted by atomic mass is 32.1. The Kier molecular flexibility index (Phi) is 8.55. The summed E-state index contributed by atoms with van der Waals surface area (Å²) in [5, 5.41) is 2.78. The second kappa shape index (κ2) is 13.2. The molecule has 0 atom stereocenters. The first kappa shape index (κ1) is 40.9. The van der Waals surface area contributed by atoms with Gasteiger partial charge in [-0.15, -0.1) is 11.3 Å². The van der Waals surface area contributed by atoms with Crippen LogP contribution in [0.4, 0.5) is 34.1 Å². The molecule has 1 aromatic heterocycles. The molecule has 0 saturated carbocycles. The number of aryl methyl sites for hydroxylation is 3. The van der Waals surface area contributed by atoms with Gasteiger partial charge in [-0.1, -0.05) is 125 Å². The lowest BCUT2D eigenvalue weighted by Gasteiger charge is -2.46. The highest BCUT2D eigenvalue weighted by Crippen LogP contribution is 2.54. The van der Waals surface area contributed by atoms with Crippen LogP contribution in [0.25, 0.3) is 20.2 Å². The first-order chi connectivity index (χ1) is 29.6. The van der Waals surface area contributed by atoms with E-state index in [-0.39, 0.29) is 33.8 Å². The summed E-state index contributed by atoms with van der Waals surface area (Å²) in [5.41, 5.74) is 23.9. The minimum Gasteiger partial charge on any atom is -0.311 e. The lowest BCUT2D eigenvalue weighted by Crippen LogP contribution is -2.61. The van der Waals surface area contributed by atoms with Gasteiger partial charge in [0.1, 0.15) is 0 Å². The highest BCUT2D eigenvalue weighted by Gasteiger charge is 2.46. The average molecular weight is 845 g/mol. The summed E-state index contributed by atoms with van der Waals surface area (Å²) in [6, 6.07) is 36.9. The normalized spacial score (nSPS) is 18.8. The molecule has 0 bridgehead atoms. The summed E-state index contributed by atoms with van der Waals surface area (Å²) in [5.74, 6) is 0. The van der Waals surface area contributed by atoms with E-state index in [1.807, 2.05) is 11.3 Å².